The van der Waals surface area contributed by atoms with Gasteiger partial charge in [-0.05, 0) is 81.7 Å². The van der Waals surface area contributed by atoms with Gasteiger partial charge in [-0.3, -0.25) is 14.4 Å². The zero-order valence-electron chi connectivity index (χ0n) is 30.0. The number of unbranched alkanes of at least 4 members (excludes halogenated alkanes) is 1. The zero-order valence-corrected chi connectivity index (χ0v) is 30.0. The van der Waals surface area contributed by atoms with Crippen molar-refractivity contribution in [2.75, 3.05) is 20.2 Å². The van der Waals surface area contributed by atoms with Crippen molar-refractivity contribution in [2.45, 2.75) is 102 Å². The van der Waals surface area contributed by atoms with Gasteiger partial charge >= 0.3 is 5.97 Å². The molecule has 0 radical (unpaired) electrons. The lowest BCUT2D eigenvalue weighted by Gasteiger charge is -2.43. The molecule has 0 saturated carbocycles. The fourth-order valence-electron chi connectivity index (χ4n) is 7.36. The van der Waals surface area contributed by atoms with E-state index in [2.05, 4.69) is 17.6 Å². The number of fused-ring (bicyclic) bond motifs is 1. The van der Waals surface area contributed by atoms with E-state index in [4.69, 9.17) is 9.47 Å². The van der Waals surface area contributed by atoms with Crippen LogP contribution >= 0.6 is 0 Å². The second kappa shape index (κ2) is 15.9. The van der Waals surface area contributed by atoms with Crippen LogP contribution in [0, 0.1) is 0 Å². The Balaban J connectivity index is 1.37. The van der Waals surface area contributed by atoms with Crippen molar-refractivity contribution in [3.05, 3.63) is 101 Å². The Bertz CT molecular complexity index is 1660. The first kappa shape index (κ1) is 36.6. The number of ether oxygens (including phenoxy) is 2. The molecule has 266 valence electrons. The van der Waals surface area contributed by atoms with E-state index in [0.29, 0.717) is 56.5 Å². The summed E-state index contributed by atoms with van der Waals surface area (Å²) in [6.07, 6.45) is 4.25. The fraction of sp³-hybridized carbons (Fsp3) is 0.463. The van der Waals surface area contributed by atoms with E-state index >= 15 is 0 Å². The number of nitrogens with zero attached hydrogens (tertiary/aromatic N) is 1. The lowest BCUT2D eigenvalue weighted by molar-refractivity contribution is -0.159. The Kier molecular flexibility index (Phi) is 11.7. The molecule has 1 aliphatic carbocycles. The summed E-state index contributed by atoms with van der Waals surface area (Å²) in [5.74, 6) is -0.758. The largest absolute Gasteiger partial charge is 0.496 e. The fourth-order valence-corrected chi connectivity index (χ4v) is 7.36. The Labute approximate surface area is 296 Å². The first-order valence-corrected chi connectivity index (χ1v) is 17.9. The van der Waals surface area contributed by atoms with Gasteiger partial charge in [-0.15, -0.1) is 0 Å². The quantitative estimate of drug-likeness (QED) is 0.230. The summed E-state index contributed by atoms with van der Waals surface area (Å²) in [4.78, 5) is 57.2. The molecule has 1 fully saturated rings. The van der Waals surface area contributed by atoms with Gasteiger partial charge in [-0.25, -0.2) is 4.79 Å². The van der Waals surface area contributed by atoms with Crippen molar-refractivity contribution in [3.63, 3.8) is 0 Å². The van der Waals surface area contributed by atoms with Crippen molar-refractivity contribution in [1.29, 1.82) is 0 Å². The maximum Gasteiger partial charge on any atom is 0.329 e. The number of piperidine rings is 1. The van der Waals surface area contributed by atoms with Crippen LogP contribution in [0.4, 0.5) is 0 Å². The first-order valence-electron chi connectivity index (χ1n) is 17.9. The maximum absolute atomic E-state index is 14.7. The number of rotatable bonds is 11. The molecule has 1 heterocycles. The zero-order chi connectivity index (χ0) is 35.9. The Morgan fingerprint density at radius 3 is 2.24 bits per heavy atom. The van der Waals surface area contributed by atoms with Crippen LogP contribution in [0.25, 0.3) is 0 Å². The average Bonchev–Trinajstić information content (AvgIpc) is 3.12. The molecule has 1 saturated heterocycles. The van der Waals surface area contributed by atoms with Crippen LogP contribution in [0.3, 0.4) is 0 Å². The van der Waals surface area contributed by atoms with Crippen LogP contribution in [-0.4, -0.2) is 66.5 Å². The molecule has 3 atom stereocenters. The highest BCUT2D eigenvalue weighted by molar-refractivity contribution is 5.98. The SMILES string of the molecule is CCCCC(NC(=O)[C@@]1(c2ccccc2)CC[C@H](C(=O)N2CCC(NC(=O)c3ccccc3OC)CC2)c2ccccc21)C(=O)OC(C)(C)C. The van der Waals surface area contributed by atoms with Crippen LogP contribution in [0.5, 0.6) is 5.75 Å². The summed E-state index contributed by atoms with van der Waals surface area (Å²) in [7, 11) is 1.55. The van der Waals surface area contributed by atoms with Gasteiger partial charge in [0, 0.05) is 19.1 Å². The number of hydrogen-bond acceptors (Lipinski definition) is 6. The Hall–Kier alpha value is -4.66. The Morgan fingerprint density at radius 2 is 1.56 bits per heavy atom. The van der Waals surface area contributed by atoms with Crippen molar-refractivity contribution < 1.29 is 28.7 Å². The van der Waals surface area contributed by atoms with Crippen LogP contribution in [0.15, 0.2) is 78.9 Å². The molecule has 2 aliphatic rings. The van der Waals surface area contributed by atoms with Crippen molar-refractivity contribution >= 4 is 23.7 Å². The molecule has 0 spiro atoms. The third-order valence-corrected chi connectivity index (χ3v) is 9.89. The number of esters is 1. The van der Waals surface area contributed by atoms with E-state index in [9.17, 15) is 19.2 Å². The van der Waals surface area contributed by atoms with Crippen LogP contribution in [-0.2, 0) is 24.5 Å². The van der Waals surface area contributed by atoms with E-state index in [1.807, 2.05) is 92.4 Å². The number of carbonyl (C=O) groups excluding carboxylic acids is 4. The second-order valence-electron chi connectivity index (χ2n) is 14.4. The minimum Gasteiger partial charge on any atom is -0.496 e. The van der Waals surface area contributed by atoms with E-state index in [1.54, 1.807) is 19.2 Å². The summed E-state index contributed by atoms with van der Waals surface area (Å²) >= 11 is 0. The van der Waals surface area contributed by atoms with Gasteiger partial charge in [-0.1, -0.05) is 86.5 Å². The molecule has 50 heavy (non-hydrogen) atoms. The van der Waals surface area contributed by atoms with Gasteiger partial charge in [0.25, 0.3) is 5.91 Å². The van der Waals surface area contributed by atoms with Crippen LogP contribution in [0.1, 0.15) is 106 Å². The number of nitrogens with one attached hydrogen (secondary N) is 2. The third-order valence-electron chi connectivity index (χ3n) is 9.89. The molecule has 9 heteroatoms. The highest BCUT2D eigenvalue weighted by atomic mass is 16.6. The van der Waals surface area contributed by atoms with Crippen molar-refractivity contribution in [2.24, 2.45) is 0 Å². The number of benzene rings is 3. The molecule has 3 amide bonds. The minimum absolute atomic E-state index is 0.0311. The standard InChI is InChI=1S/C41H51N3O6/c1-6-7-20-34(38(47)50-40(2,3)4)43-39(48)41(28-15-9-8-10-16-28)25-22-31(30-17-11-13-19-33(30)41)37(46)44-26-23-29(24-27-44)42-36(45)32-18-12-14-21-35(32)49-5/h8-19,21,29,31,34H,6-7,20,22-27H2,1-5H3,(H,42,45)(H,43,48)/t31-,34?,41+/m0/s1. The second-order valence-corrected chi connectivity index (χ2v) is 14.4. The van der Waals surface area contributed by atoms with E-state index in [-0.39, 0.29) is 23.8 Å². The van der Waals surface area contributed by atoms with E-state index in [0.717, 1.165) is 29.5 Å². The predicted octanol–water partition coefficient (Wildman–Crippen LogP) is 6.30. The van der Waals surface area contributed by atoms with Gasteiger partial charge in [0.05, 0.1) is 24.0 Å². The molecule has 3 aromatic rings. The van der Waals surface area contributed by atoms with Gasteiger partial charge in [0.15, 0.2) is 0 Å². The molecular formula is C41H51N3O6. The summed E-state index contributed by atoms with van der Waals surface area (Å²) in [6, 6.07) is 23.7. The normalized spacial score (nSPS) is 19.9. The van der Waals surface area contributed by atoms with Gasteiger partial charge < -0.3 is 25.0 Å². The highest BCUT2D eigenvalue weighted by Crippen LogP contribution is 2.48. The smallest absolute Gasteiger partial charge is 0.329 e. The number of methoxy groups -OCH3 is 1. The third kappa shape index (κ3) is 8.03. The number of hydrogen-bond donors (Lipinski definition) is 2. The summed E-state index contributed by atoms with van der Waals surface area (Å²) in [5, 5.41) is 6.24. The monoisotopic (exact) mass is 681 g/mol. The molecule has 5 rings (SSSR count). The molecule has 9 nitrogen and oxygen atoms in total. The molecule has 3 aromatic carbocycles. The van der Waals surface area contributed by atoms with Gasteiger partial charge in [0.2, 0.25) is 11.8 Å². The highest BCUT2D eigenvalue weighted by Gasteiger charge is 2.49. The van der Waals surface area contributed by atoms with E-state index in [1.165, 1.54) is 0 Å². The molecular weight excluding hydrogens is 630 g/mol. The predicted molar refractivity (Wildman–Crippen MR) is 193 cm³/mol. The number of likely N-dealkylation sites (tertiary alicyclic amines) is 1. The molecule has 1 unspecified atom stereocenters. The summed E-state index contributed by atoms with van der Waals surface area (Å²) in [5.41, 5.74) is 1.13. The minimum atomic E-state index is -1.10. The Morgan fingerprint density at radius 1 is 0.900 bits per heavy atom. The van der Waals surface area contributed by atoms with Crippen molar-refractivity contribution in [3.8, 4) is 5.75 Å². The topological polar surface area (TPSA) is 114 Å². The average molecular weight is 682 g/mol. The molecule has 0 aromatic heterocycles. The van der Waals surface area contributed by atoms with E-state index < -0.39 is 28.9 Å². The number of carbonyl (C=O) groups is 4. The van der Waals surface area contributed by atoms with Crippen LogP contribution in [0.2, 0.25) is 0 Å². The first-order chi connectivity index (χ1) is 24.0. The van der Waals surface area contributed by atoms with Gasteiger partial charge in [0.1, 0.15) is 17.4 Å². The molecule has 0 bridgehead atoms. The summed E-state index contributed by atoms with van der Waals surface area (Å²) < 4.78 is 11.1. The van der Waals surface area contributed by atoms with Crippen molar-refractivity contribution in [1.82, 2.24) is 15.5 Å². The number of para-hydroxylation sites is 1. The summed E-state index contributed by atoms with van der Waals surface area (Å²) in [6.45, 7) is 8.56. The lowest BCUT2D eigenvalue weighted by atomic mass is 9.62. The maximum atomic E-state index is 14.7. The lowest BCUT2D eigenvalue weighted by Crippen LogP contribution is -2.54. The van der Waals surface area contributed by atoms with Crippen LogP contribution < -0.4 is 15.4 Å². The molecule has 1 aliphatic heterocycles. The number of amides is 3. The molecule has 2 N–H and O–H groups in total. The van der Waals surface area contributed by atoms with Gasteiger partial charge in [-0.2, -0.15) is 0 Å².